The molecule has 1 amide bonds. The number of sulfonamides is 1. The van der Waals surface area contributed by atoms with Gasteiger partial charge in [0, 0.05) is 12.6 Å². The van der Waals surface area contributed by atoms with Gasteiger partial charge in [-0.3, -0.25) is 4.79 Å². The highest BCUT2D eigenvalue weighted by molar-refractivity contribution is 7.89. The number of hydrogen-bond donors (Lipinski definition) is 3. The Bertz CT molecular complexity index is 651. The molecule has 0 bridgehead atoms. The molecule has 7 nitrogen and oxygen atoms in total. The second-order valence-electron chi connectivity index (χ2n) is 4.96. The monoisotopic (exact) mass is 405 g/mol. The third-order valence-corrected chi connectivity index (χ3v) is 4.13. The Morgan fingerprint density at radius 2 is 1.84 bits per heavy atom. The van der Waals surface area contributed by atoms with E-state index in [0.717, 1.165) is 24.3 Å². The van der Waals surface area contributed by atoms with E-state index in [-0.39, 0.29) is 23.3 Å². The molecule has 1 aromatic carbocycles. The van der Waals surface area contributed by atoms with Crippen LogP contribution >= 0.6 is 12.4 Å². The van der Waals surface area contributed by atoms with Gasteiger partial charge in [-0.15, -0.1) is 25.6 Å². The Hall–Kier alpha value is -1.56. The van der Waals surface area contributed by atoms with Crippen molar-refractivity contribution in [1.29, 1.82) is 0 Å². The average molecular weight is 406 g/mol. The van der Waals surface area contributed by atoms with Gasteiger partial charge in [-0.05, 0) is 37.6 Å². The number of amides is 1. The van der Waals surface area contributed by atoms with E-state index in [0.29, 0.717) is 13.0 Å². The Balaban J connectivity index is 0.00000576. The smallest absolute Gasteiger partial charge is 0.406 e. The fourth-order valence-electron chi connectivity index (χ4n) is 1.57. The van der Waals surface area contributed by atoms with Gasteiger partial charge >= 0.3 is 6.36 Å². The van der Waals surface area contributed by atoms with Crippen molar-refractivity contribution in [3.63, 3.8) is 0 Å². The molecule has 1 rings (SSSR count). The Labute approximate surface area is 149 Å². The Kier molecular flexibility index (Phi) is 9.19. The van der Waals surface area contributed by atoms with E-state index in [1.165, 1.54) is 0 Å². The summed E-state index contributed by atoms with van der Waals surface area (Å²) in [5.74, 6) is -1.09. The molecule has 1 atom stereocenters. The summed E-state index contributed by atoms with van der Waals surface area (Å²) in [4.78, 5) is 11.2. The fourth-order valence-corrected chi connectivity index (χ4v) is 2.55. The molecule has 1 unspecified atom stereocenters. The Morgan fingerprint density at radius 1 is 1.28 bits per heavy atom. The lowest BCUT2D eigenvalue weighted by molar-refractivity contribution is -0.274. The quantitative estimate of drug-likeness (QED) is 0.600. The van der Waals surface area contributed by atoms with Crippen LogP contribution in [0, 0.1) is 0 Å². The number of carbonyl (C=O) groups excluding carboxylic acids is 1. The summed E-state index contributed by atoms with van der Waals surface area (Å²) in [7, 11) is -4.03. The lowest BCUT2D eigenvalue weighted by Crippen LogP contribution is -2.38. The third-order valence-electron chi connectivity index (χ3n) is 2.71. The van der Waals surface area contributed by atoms with Crippen LogP contribution in [-0.4, -0.2) is 39.8 Å². The minimum atomic E-state index is -4.86. The van der Waals surface area contributed by atoms with E-state index in [9.17, 15) is 26.4 Å². The maximum atomic E-state index is 12.0. The van der Waals surface area contributed by atoms with Gasteiger partial charge in [0.25, 0.3) is 0 Å². The number of nitrogens with one attached hydrogen (secondary N) is 2. The molecule has 144 valence electrons. The molecule has 0 spiro atoms. The van der Waals surface area contributed by atoms with Crippen molar-refractivity contribution in [1.82, 2.24) is 10.0 Å². The number of halogens is 4. The lowest BCUT2D eigenvalue weighted by Gasteiger charge is -2.11. The van der Waals surface area contributed by atoms with Crippen LogP contribution < -0.4 is 20.5 Å². The highest BCUT2D eigenvalue weighted by Crippen LogP contribution is 2.23. The molecule has 0 aliphatic heterocycles. The van der Waals surface area contributed by atoms with Crippen molar-refractivity contribution < 1.29 is 31.1 Å². The van der Waals surface area contributed by atoms with Gasteiger partial charge in [0.05, 0.1) is 11.4 Å². The summed E-state index contributed by atoms with van der Waals surface area (Å²) >= 11 is 0. The fraction of sp³-hybridized carbons (Fsp3) is 0.462. The van der Waals surface area contributed by atoms with Crippen LogP contribution in [-0.2, 0) is 14.8 Å². The zero-order valence-corrected chi connectivity index (χ0v) is 14.8. The zero-order valence-electron chi connectivity index (χ0n) is 13.2. The first-order valence-corrected chi connectivity index (χ1v) is 8.36. The van der Waals surface area contributed by atoms with Gasteiger partial charge in [0.15, 0.2) is 0 Å². The molecular formula is C13H19ClF3N3O4S. The molecule has 0 aliphatic rings. The van der Waals surface area contributed by atoms with Crippen LogP contribution in [0.5, 0.6) is 5.75 Å². The van der Waals surface area contributed by atoms with Crippen LogP contribution in [0.1, 0.15) is 13.3 Å². The van der Waals surface area contributed by atoms with Crippen LogP contribution in [0.3, 0.4) is 0 Å². The number of nitrogens with two attached hydrogens (primary N) is 1. The number of rotatable bonds is 8. The topological polar surface area (TPSA) is 111 Å². The standard InChI is InChI=1S/C13H18F3N3O4S.ClH/c1-9(17)6-7-18-12(20)8-19-24(21,22)11-4-2-10(3-5-11)23-13(14,15)16;/h2-5,9,19H,6-8,17H2,1H3,(H,18,20);1H. The lowest BCUT2D eigenvalue weighted by atomic mass is 10.2. The van der Waals surface area contributed by atoms with Crippen LogP contribution in [0.25, 0.3) is 0 Å². The molecule has 0 saturated heterocycles. The maximum absolute atomic E-state index is 12.0. The van der Waals surface area contributed by atoms with Gasteiger partial charge in [0.1, 0.15) is 5.75 Å². The number of ether oxygens (including phenoxy) is 1. The van der Waals surface area contributed by atoms with Crippen molar-refractivity contribution in [3.05, 3.63) is 24.3 Å². The normalized spacial score (nSPS) is 12.8. The van der Waals surface area contributed by atoms with E-state index in [4.69, 9.17) is 5.73 Å². The summed E-state index contributed by atoms with van der Waals surface area (Å²) < 4.78 is 65.7. The van der Waals surface area contributed by atoms with Crippen molar-refractivity contribution in [2.75, 3.05) is 13.1 Å². The zero-order chi connectivity index (χ0) is 18.4. The highest BCUT2D eigenvalue weighted by atomic mass is 35.5. The molecule has 0 heterocycles. The van der Waals surface area contributed by atoms with Gasteiger partial charge < -0.3 is 15.8 Å². The second kappa shape index (κ2) is 9.80. The van der Waals surface area contributed by atoms with E-state index >= 15 is 0 Å². The molecule has 0 radical (unpaired) electrons. The van der Waals surface area contributed by atoms with Crippen molar-refractivity contribution in [3.8, 4) is 5.75 Å². The average Bonchev–Trinajstić information content (AvgIpc) is 2.44. The summed E-state index contributed by atoms with van der Waals surface area (Å²) in [6.07, 6.45) is -4.32. The van der Waals surface area contributed by atoms with Crippen LogP contribution in [0.4, 0.5) is 13.2 Å². The summed E-state index contributed by atoms with van der Waals surface area (Å²) in [5.41, 5.74) is 5.50. The number of alkyl halides is 3. The van der Waals surface area contributed by atoms with Crippen molar-refractivity contribution >= 4 is 28.3 Å². The van der Waals surface area contributed by atoms with E-state index in [1.807, 2.05) is 4.72 Å². The number of benzene rings is 1. The largest absolute Gasteiger partial charge is 0.573 e. The highest BCUT2D eigenvalue weighted by Gasteiger charge is 2.31. The van der Waals surface area contributed by atoms with Crippen LogP contribution in [0.15, 0.2) is 29.2 Å². The van der Waals surface area contributed by atoms with Gasteiger partial charge in [-0.2, -0.15) is 0 Å². The van der Waals surface area contributed by atoms with Crippen molar-refractivity contribution in [2.24, 2.45) is 5.73 Å². The molecule has 4 N–H and O–H groups in total. The first-order chi connectivity index (χ1) is 11.0. The van der Waals surface area contributed by atoms with E-state index in [2.05, 4.69) is 10.1 Å². The molecule has 0 aromatic heterocycles. The first-order valence-electron chi connectivity index (χ1n) is 6.87. The number of hydrogen-bond acceptors (Lipinski definition) is 5. The number of carbonyl (C=O) groups is 1. The molecule has 12 heteroatoms. The van der Waals surface area contributed by atoms with Crippen molar-refractivity contribution in [2.45, 2.75) is 30.6 Å². The molecular weight excluding hydrogens is 387 g/mol. The second-order valence-corrected chi connectivity index (χ2v) is 6.73. The summed E-state index contributed by atoms with van der Waals surface area (Å²) in [6, 6.07) is 3.52. The minimum absolute atomic E-state index is 0. The van der Waals surface area contributed by atoms with Gasteiger partial charge in [0.2, 0.25) is 15.9 Å². The predicted molar refractivity (Wildman–Crippen MR) is 86.8 cm³/mol. The molecule has 0 saturated carbocycles. The van der Waals surface area contributed by atoms with Gasteiger partial charge in [-0.25, -0.2) is 13.1 Å². The summed E-state index contributed by atoms with van der Waals surface area (Å²) in [6.45, 7) is 1.57. The molecule has 0 aliphatic carbocycles. The predicted octanol–water partition coefficient (Wildman–Crippen LogP) is 1.14. The summed E-state index contributed by atoms with van der Waals surface area (Å²) in [5, 5.41) is 2.48. The first kappa shape index (κ1) is 23.4. The maximum Gasteiger partial charge on any atom is 0.573 e. The van der Waals surface area contributed by atoms with E-state index in [1.54, 1.807) is 6.92 Å². The van der Waals surface area contributed by atoms with E-state index < -0.39 is 34.6 Å². The Morgan fingerprint density at radius 3 is 2.32 bits per heavy atom. The SMILES string of the molecule is CC(N)CCNC(=O)CNS(=O)(=O)c1ccc(OC(F)(F)F)cc1.Cl. The minimum Gasteiger partial charge on any atom is -0.406 e. The third kappa shape index (κ3) is 9.48. The molecule has 0 fully saturated rings. The van der Waals surface area contributed by atoms with Crippen LogP contribution in [0.2, 0.25) is 0 Å². The molecule has 25 heavy (non-hydrogen) atoms. The van der Waals surface area contributed by atoms with Gasteiger partial charge in [-0.1, -0.05) is 0 Å². The molecule has 1 aromatic rings.